The summed E-state index contributed by atoms with van der Waals surface area (Å²) in [5.74, 6) is -0.681. The molecule has 0 spiro atoms. The number of hydrogen-bond donors (Lipinski definition) is 3. The summed E-state index contributed by atoms with van der Waals surface area (Å²) in [4.78, 5) is -0.111. The molecule has 2 rings (SSSR count). The molecule has 0 heterocycles. The molecule has 0 amide bonds. The highest BCUT2D eigenvalue weighted by molar-refractivity contribution is 9.10. The first-order valence-electron chi connectivity index (χ1n) is 5.65. The number of nitrogen functional groups attached to an aromatic ring is 1. The lowest BCUT2D eigenvalue weighted by molar-refractivity contribution is 0.213. The molecule has 1 aliphatic carbocycles. The predicted molar refractivity (Wildman–Crippen MR) is 72.5 cm³/mol. The molecule has 106 valence electrons. The molecule has 1 aromatic carbocycles. The summed E-state index contributed by atoms with van der Waals surface area (Å²) in [5, 5.41) is 9.15. The van der Waals surface area contributed by atoms with E-state index in [1.165, 1.54) is 0 Å². The normalized spacial score (nSPS) is 17.4. The van der Waals surface area contributed by atoms with Gasteiger partial charge in [0, 0.05) is 23.0 Å². The first kappa shape index (κ1) is 14.7. The van der Waals surface area contributed by atoms with E-state index in [-0.39, 0.29) is 33.6 Å². The third-order valence-corrected chi connectivity index (χ3v) is 5.63. The number of anilines is 1. The number of aliphatic hydroxyl groups is 1. The van der Waals surface area contributed by atoms with E-state index in [9.17, 15) is 12.8 Å². The number of aliphatic hydroxyl groups excluding tert-OH is 1. The van der Waals surface area contributed by atoms with Crippen molar-refractivity contribution in [2.75, 3.05) is 18.9 Å². The van der Waals surface area contributed by atoms with Crippen LogP contribution in [0.1, 0.15) is 12.8 Å². The molecule has 1 aromatic rings. The number of benzene rings is 1. The van der Waals surface area contributed by atoms with Gasteiger partial charge in [-0.25, -0.2) is 17.5 Å². The molecule has 0 aromatic heterocycles. The SMILES string of the molecule is Nc1cc(S(=O)(=O)NCC2(CO)CC2)c(Br)cc1F. The lowest BCUT2D eigenvalue weighted by atomic mass is 10.1. The zero-order valence-electron chi connectivity index (χ0n) is 9.99. The molecule has 19 heavy (non-hydrogen) atoms. The average molecular weight is 353 g/mol. The second kappa shape index (κ2) is 5.01. The lowest BCUT2D eigenvalue weighted by Gasteiger charge is -2.14. The van der Waals surface area contributed by atoms with Crippen molar-refractivity contribution < 1.29 is 17.9 Å². The van der Waals surface area contributed by atoms with Crippen LogP contribution >= 0.6 is 15.9 Å². The smallest absolute Gasteiger partial charge is 0.241 e. The van der Waals surface area contributed by atoms with Gasteiger partial charge in [-0.2, -0.15) is 0 Å². The van der Waals surface area contributed by atoms with Gasteiger partial charge in [0.15, 0.2) is 0 Å². The zero-order chi connectivity index (χ0) is 14.3. The van der Waals surface area contributed by atoms with Gasteiger partial charge >= 0.3 is 0 Å². The van der Waals surface area contributed by atoms with Crippen LogP contribution in [0.4, 0.5) is 10.1 Å². The van der Waals surface area contributed by atoms with Crippen molar-refractivity contribution in [3.05, 3.63) is 22.4 Å². The van der Waals surface area contributed by atoms with Crippen LogP contribution in [0.2, 0.25) is 0 Å². The quantitative estimate of drug-likeness (QED) is 0.694. The Hall–Kier alpha value is -0.700. The van der Waals surface area contributed by atoms with Crippen LogP contribution in [0, 0.1) is 11.2 Å². The Morgan fingerprint density at radius 1 is 1.47 bits per heavy atom. The van der Waals surface area contributed by atoms with Gasteiger partial charge in [0.05, 0.1) is 10.6 Å². The van der Waals surface area contributed by atoms with Crippen LogP contribution in [0.25, 0.3) is 0 Å². The van der Waals surface area contributed by atoms with Crippen LogP contribution in [0.15, 0.2) is 21.5 Å². The molecule has 5 nitrogen and oxygen atoms in total. The van der Waals surface area contributed by atoms with Crippen molar-refractivity contribution in [3.8, 4) is 0 Å². The molecule has 1 saturated carbocycles. The molecule has 0 aliphatic heterocycles. The number of nitrogens with two attached hydrogens (primary N) is 1. The highest BCUT2D eigenvalue weighted by Crippen LogP contribution is 2.44. The minimum atomic E-state index is -3.79. The molecule has 1 aliphatic rings. The second-order valence-corrected chi connectivity index (χ2v) is 7.38. The van der Waals surface area contributed by atoms with Crippen LogP contribution < -0.4 is 10.5 Å². The maximum Gasteiger partial charge on any atom is 0.241 e. The molecule has 0 unspecified atom stereocenters. The summed E-state index contributed by atoms with van der Waals surface area (Å²) in [7, 11) is -3.79. The number of rotatable bonds is 5. The number of sulfonamides is 1. The van der Waals surface area contributed by atoms with Gasteiger partial charge in [-0.05, 0) is 40.9 Å². The summed E-state index contributed by atoms with van der Waals surface area (Å²) in [6.45, 7) is 0.109. The van der Waals surface area contributed by atoms with E-state index in [1.54, 1.807) is 0 Å². The van der Waals surface area contributed by atoms with E-state index in [2.05, 4.69) is 20.7 Å². The van der Waals surface area contributed by atoms with Gasteiger partial charge in [0.25, 0.3) is 0 Å². The van der Waals surface area contributed by atoms with E-state index < -0.39 is 15.8 Å². The summed E-state index contributed by atoms with van der Waals surface area (Å²) >= 11 is 3.01. The van der Waals surface area contributed by atoms with Crippen molar-refractivity contribution in [2.45, 2.75) is 17.7 Å². The molecule has 4 N–H and O–H groups in total. The summed E-state index contributed by atoms with van der Waals surface area (Å²) in [6.07, 6.45) is 1.58. The standard InChI is InChI=1S/C11H14BrFN2O3S/c12-7-3-8(13)9(14)4-10(7)19(17,18)15-5-11(6-16)1-2-11/h3-4,15-16H,1-2,5-6,14H2. The largest absolute Gasteiger partial charge is 0.396 e. The van der Waals surface area contributed by atoms with Gasteiger partial charge < -0.3 is 10.8 Å². The molecule has 0 atom stereocenters. The molecular weight excluding hydrogens is 339 g/mol. The van der Waals surface area contributed by atoms with Crippen molar-refractivity contribution in [1.29, 1.82) is 0 Å². The van der Waals surface area contributed by atoms with Gasteiger partial charge in [-0.15, -0.1) is 0 Å². The van der Waals surface area contributed by atoms with Gasteiger partial charge in [0.2, 0.25) is 10.0 Å². The first-order valence-corrected chi connectivity index (χ1v) is 7.92. The topological polar surface area (TPSA) is 92.4 Å². The number of halogens is 2. The van der Waals surface area contributed by atoms with Crippen molar-refractivity contribution in [3.63, 3.8) is 0 Å². The van der Waals surface area contributed by atoms with Crippen molar-refractivity contribution in [1.82, 2.24) is 4.72 Å². The second-order valence-electron chi connectivity index (χ2n) is 4.79. The minimum absolute atomic E-state index is 0.0533. The zero-order valence-corrected chi connectivity index (χ0v) is 12.4. The molecule has 8 heteroatoms. The van der Waals surface area contributed by atoms with E-state index in [4.69, 9.17) is 10.8 Å². The summed E-state index contributed by atoms with van der Waals surface area (Å²) in [6, 6.07) is 2.09. The Balaban J connectivity index is 2.22. The highest BCUT2D eigenvalue weighted by atomic mass is 79.9. The van der Waals surface area contributed by atoms with Crippen LogP contribution in [-0.2, 0) is 10.0 Å². The van der Waals surface area contributed by atoms with Crippen molar-refractivity contribution in [2.24, 2.45) is 5.41 Å². The fraction of sp³-hybridized carbons (Fsp3) is 0.455. The van der Waals surface area contributed by atoms with Gasteiger partial charge in [-0.1, -0.05) is 0 Å². The first-order chi connectivity index (χ1) is 8.80. The maximum absolute atomic E-state index is 13.2. The predicted octanol–water partition coefficient (Wildman–Crippen LogP) is 1.22. The maximum atomic E-state index is 13.2. The number of nitrogens with one attached hydrogen (secondary N) is 1. The summed E-state index contributed by atoms with van der Waals surface area (Å²) in [5.41, 5.74) is 4.81. The van der Waals surface area contributed by atoms with Crippen molar-refractivity contribution >= 4 is 31.6 Å². The molecule has 1 fully saturated rings. The fourth-order valence-corrected chi connectivity index (χ4v) is 3.85. The molecule has 0 saturated heterocycles. The Bertz CT molecular complexity index is 602. The summed E-state index contributed by atoms with van der Waals surface area (Å²) < 4.78 is 39.9. The highest BCUT2D eigenvalue weighted by Gasteiger charge is 2.42. The van der Waals surface area contributed by atoms with E-state index in [0.29, 0.717) is 0 Å². The third-order valence-electron chi connectivity index (χ3n) is 3.27. The Morgan fingerprint density at radius 3 is 2.63 bits per heavy atom. The molecule has 0 bridgehead atoms. The van der Waals surface area contributed by atoms with E-state index in [0.717, 1.165) is 25.0 Å². The number of hydrogen-bond acceptors (Lipinski definition) is 4. The Kier molecular flexibility index (Phi) is 3.87. The van der Waals surface area contributed by atoms with Gasteiger partial charge in [0.1, 0.15) is 5.82 Å². The monoisotopic (exact) mass is 352 g/mol. The fourth-order valence-electron chi connectivity index (χ4n) is 1.64. The van der Waals surface area contributed by atoms with Crippen LogP contribution in [0.5, 0.6) is 0 Å². The Labute approximate surface area is 119 Å². The van der Waals surface area contributed by atoms with Crippen LogP contribution in [-0.4, -0.2) is 26.7 Å². The van der Waals surface area contributed by atoms with E-state index in [1.807, 2.05) is 0 Å². The lowest BCUT2D eigenvalue weighted by Crippen LogP contribution is -2.32. The third kappa shape index (κ3) is 3.07. The molecule has 0 radical (unpaired) electrons. The molecular formula is C11H14BrFN2O3S. The minimum Gasteiger partial charge on any atom is -0.396 e. The Morgan fingerprint density at radius 2 is 2.11 bits per heavy atom. The average Bonchev–Trinajstić information content (AvgIpc) is 3.12. The van der Waals surface area contributed by atoms with E-state index >= 15 is 0 Å². The van der Waals surface area contributed by atoms with Crippen LogP contribution in [0.3, 0.4) is 0 Å². The van der Waals surface area contributed by atoms with Gasteiger partial charge in [-0.3, -0.25) is 0 Å².